The lowest BCUT2D eigenvalue weighted by molar-refractivity contribution is -0.144. The monoisotopic (exact) mass is 340 g/mol. The molecule has 4 saturated carbocycles. The fourth-order valence-electron chi connectivity index (χ4n) is 6.29. The summed E-state index contributed by atoms with van der Waals surface area (Å²) in [5.41, 5.74) is 0. The lowest BCUT2D eigenvalue weighted by atomic mass is 9.54. The van der Waals surface area contributed by atoms with Crippen LogP contribution in [-0.2, 0) is 14.8 Å². The summed E-state index contributed by atoms with van der Waals surface area (Å²) in [7, 11) is -1.37. The number of carbonyl (C=O) groups excluding carboxylic acids is 1. The second-order valence-corrected chi connectivity index (χ2v) is 10.3. The van der Waals surface area contributed by atoms with E-state index in [4.69, 9.17) is 0 Å². The minimum absolute atomic E-state index is 0.0328. The summed E-state index contributed by atoms with van der Waals surface area (Å²) in [5, 5.41) is 0. The molecule has 0 N–H and O–H groups in total. The number of hydrogen-bond donors (Lipinski definition) is 0. The Balaban J connectivity index is 1.52. The summed E-state index contributed by atoms with van der Waals surface area (Å²) >= 11 is 0. The van der Waals surface area contributed by atoms with Gasteiger partial charge in [-0.15, -0.1) is 0 Å². The molecule has 1 atom stereocenters. The Hall–Kier alpha value is -0.620. The second-order valence-electron chi connectivity index (χ2n) is 8.40. The third-order valence-corrected chi connectivity index (χ3v) is 8.18. The van der Waals surface area contributed by atoms with E-state index in [9.17, 15) is 13.2 Å². The third kappa shape index (κ3) is 2.62. The van der Waals surface area contributed by atoms with Crippen molar-refractivity contribution >= 4 is 15.9 Å². The van der Waals surface area contributed by atoms with E-state index >= 15 is 0 Å². The van der Waals surface area contributed by atoms with Gasteiger partial charge in [0.15, 0.2) is 0 Å². The molecule has 0 aromatic carbocycles. The summed E-state index contributed by atoms with van der Waals surface area (Å²) in [6.07, 6.45) is 9.18. The molecule has 5 aliphatic rings. The molecule has 1 saturated heterocycles. The van der Waals surface area contributed by atoms with Crippen molar-refractivity contribution in [1.82, 2.24) is 9.21 Å². The van der Waals surface area contributed by atoms with E-state index in [2.05, 4.69) is 0 Å². The first-order chi connectivity index (χ1) is 10.8. The van der Waals surface area contributed by atoms with Gasteiger partial charge in [-0.3, -0.25) is 4.79 Å². The average molecular weight is 340 g/mol. The first-order valence-electron chi connectivity index (χ1n) is 9.08. The van der Waals surface area contributed by atoms with E-state index in [1.54, 1.807) is 0 Å². The Labute approximate surface area is 139 Å². The molecule has 5 nitrogen and oxygen atoms in total. The van der Waals surface area contributed by atoms with Crippen molar-refractivity contribution < 1.29 is 13.2 Å². The molecule has 4 aliphatic carbocycles. The highest BCUT2D eigenvalue weighted by Crippen LogP contribution is 2.55. The molecule has 130 valence electrons. The fraction of sp³-hybridized carbons (Fsp3) is 0.941. The van der Waals surface area contributed by atoms with Crippen molar-refractivity contribution in [2.75, 3.05) is 19.8 Å². The summed E-state index contributed by atoms with van der Waals surface area (Å²) in [6.45, 7) is 0.491. The Kier molecular flexibility index (Phi) is 3.76. The van der Waals surface area contributed by atoms with Crippen molar-refractivity contribution in [3.63, 3.8) is 0 Å². The van der Waals surface area contributed by atoms with Crippen LogP contribution in [-0.4, -0.2) is 55.5 Å². The predicted molar refractivity (Wildman–Crippen MR) is 88.2 cm³/mol. The molecular weight excluding hydrogens is 312 g/mol. The van der Waals surface area contributed by atoms with Crippen LogP contribution in [0.4, 0.5) is 0 Å². The zero-order valence-corrected chi connectivity index (χ0v) is 15.0. The van der Waals surface area contributed by atoms with E-state index in [0.29, 0.717) is 30.8 Å². The highest BCUT2D eigenvalue weighted by Gasteiger charge is 2.51. The highest BCUT2D eigenvalue weighted by atomic mass is 32.2. The summed E-state index contributed by atoms with van der Waals surface area (Å²) in [6, 6.07) is -0.121. The van der Waals surface area contributed by atoms with Gasteiger partial charge in [-0.05, 0) is 68.6 Å². The number of hydrogen-bond acceptors (Lipinski definition) is 3. The molecule has 0 spiro atoms. The van der Waals surface area contributed by atoms with Gasteiger partial charge in [-0.2, -0.15) is 4.31 Å². The Bertz CT molecular complexity index is 575. The maximum atomic E-state index is 13.0. The normalized spacial score (nSPS) is 43.0. The first-order valence-corrected chi connectivity index (χ1v) is 10.9. The van der Waals surface area contributed by atoms with Crippen LogP contribution in [0.2, 0.25) is 0 Å². The molecule has 1 heterocycles. The predicted octanol–water partition coefficient (Wildman–Crippen LogP) is 1.69. The van der Waals surface area contributed by atoms with Gasteiger partial charge >= 0.3 is 0 Å². The topological polar surface area (TPSA) is 57.7 Å². The number of rotatable bonds is 3. The van der Waals surface area contributed by atoms with Gasteiger partial charge in [0.2, 0.25) is 15.9 Å². The molecule has 5 fully saturated rings. The van der Waals surface area contributed by atoms with Gasteiger partial charge < -0.3 is 4.90 Å². The van der Waals surface area contributed by atoms with Gasteiger partial charge in [-0.1, -0.05) is 0 Å². The van der Waals surface area contributed by atoms with Gasteiger partial charge in [0.1, 0.15) is 6.04 Å². The van der Waals surface area contributed by atoms with E-state index in [-0.39, 0.29) is 5.91 Å². The number of likely N-dealkylation sites (N-methyl/N-ethyl adjacent to an activating group) is 1. The van der Waals surface area contributed by atoms with Crippen LogP contribution in [0.1, 0.15) is 44.9 Å². The van der Waals surface area contributed by atoms with Gasteiger partial charge in [0.25, 0.3) is 0 Å². The van der Waals surface area contributed by atoms with Gasteiger partial charge in [-0.25, -0.2) is 8.42 Å². The smallest absolute Gasteiger partial charge is 0.241 e. The molecule has 1 aliphatic heterocycles. The highest BCUT2D eigenvalue weighted by molar-refractivity contribution is 7.88. The van der Waals surface area contributed by atoms with Crippen molar-refractivity contribution in [3.8, 4) is 0 Å². The largest absolute Gasteiger partial charge is 0.341 e. The minimum atomic E-state index is -3.30. The van der Waals surface area contributed by atoms with Crippen molar-refractivity contribution in [3.05, 3.63) is 0 Å². The Morgan fingerprint density at radius 3 is 2.13 bits per heavy atom. The van der Waals surface area contributed by atoms with Crippen LogP contribution in [0.25, 0.3) is 0 Å². The molecule has 23 heavy (non-hydrogen) atoms. The maximum absolute atomic E-state index is 13.0. The summed E-state index contributed by atoms with van der Waals surface area (Å²) in [5.74, 6) is 3.10. The molecule has 5 rings (SSSR count). The molecule has 6 heteroatoms. The van der Waals surface area contributed by atoms with Crippen LogP contribution >= 0.6 is 0 Å². The minimum Gasteiger partial charge on any atom is -0.341 e. The number of carbonyl (C=O) groups is 1. The maximum Gasteiger partial charge on any atom is 0.241 e. The van der Waals surface area contributed by atoms with Gasteiger partial charge in [0.05, 0.1) is 6.26 Å². The lowest BCUT2D eigenvalue weighted by Gasteiger charge is -2.56. The fourth-order valence-corrected chi connectivity index (χ4v) is 7.41. The van der Waals surface area contributed by atoms with Gasteiger partial charge in [0, 0.05) is 19.6 Å². The van der Waals surface area contributed by atoms with Crippen molar-refractivity contribution in [2.24, 2.45) is 23.7 Å². The summed E-state index contributed by atoms with van der Waals surface area (Å²) in [4.78, 5) is 15.0. The number of sulfonamides is 1. The molecule has 0 unspecified atom stereocenters. The zero-order chi connectivity index (χ0) is 16.4. The van der Waals surface area contributed by atoms with Crippen LogP contribution in [0.5, 0.6) is 0 Å². The van der Waals surface area contributed by atoms with E-state index in [1.165, 1.54) is 42.7 Å². The third-order valence-electron chi connectivity index (χ3n) is 6.89. The molecular formula is C17H28N2O3S. The van der Waals surface area contributed by atoms with E-state index in [1.807, 2.05) is 11.9 Å². The second kappa shape index (κ2) is 5.45. The first kappa shape index (κ1) is 15.9. The number of nitrogens with zero attached hydrogens (tertiary/aromatic N) is 2. The number of amides is 1. The molecule has 0 aromatic heterocycles. The SMILES string of the molecule is CN(C(=O)[C@H]1CCCN1S(C)(=O)=O)C1C2CC3CC(C2)CC1C3. The van der Waals surface area contributed by atoms with Crippen LogP contribution in [0.15, 0.2) is 0 Å². The lowest BCUT2D eigenvalue weighted by Crippen LogP contribution is -2.59. The van der Waals surface area contributed by atoms with Crippen molar-refractivity contribution in [1.29, 1.82) is 0 Å². The molecule has 0 aromatic rings. The van der Waals surface area contributed by atoms with E-state index in [0.717, 1.165) is 18.3 Å². The Morgan fingerprint density at radius 1 is 1.04 bits per heavy atom. The quantitative estimate of drug-likeness (QED) is 0.786. The summed E-state index contributed by atoms with van der Waals surface area (Å²) < 4.78 is 25.3. The molecule has 0 radical (unpaired) electrons. The van der Waals surface area contributed by atoms with Crippen molar-refractivity contribution in [2.45, 2.75) is 57.0 Å². The Morgan fingerprint density at radius 2 is 1.61 bits per heavy atom. The van der Waals surface area contributed by atoms with E-state index < -0.39 is 16.1 Å². The molecule has 1 amide bonds. The van der Waals surface area contributed by atoms with Crippen LogP contribution < -0.4 is 0 Å². The zero-order valence-electron chi connectivity index (χ0n) is 14.1. The molecule has 4 bridgehead atoms. The average Bonchev–Trinajstić information content (AvgIpc) is 2.94. The van der Waals surface area contributed by atoms with Crippen LogP contribution in [0.3, 0.4) is 0 Å². The standard InChI is InChI=1S/C17H28N2O3S/c1-18(17(20)15-4-3-5-19(15)23(2,21)22)16-13-7-11-6-12(9-13)10-14(16)8-11/h11-16H,3-10H2,1-2H3/t11?,12?,13?,14?,15-,16?/m1/s1. The van der Waals surface area contributed by atoms with Crippen LogP contribution in [0, 0.1) is 23.7 Å².